The molecule has 5 heterocycles. The molecule has 0 aliphatic carbocycles. The van der Waals surface area contributed by atoms with Crippen molar-refractivity contribution in [3.63, 3.8) is 0 Å². The molecule has 5 aromatic rings. The van der Waals surface area contributed by atoms with Crippen LogP contribution >= 0.6 is 0 Å². The molecule has 7 nitrogen and oxygen atoms in total. The average molecular weight is 367 g/mol. The zero-order valence-electron chi connectivity index (χ0n) is 14.6. The minimum absolute atomic E-state index is 0.279. The van der Waals surface area contributed by atoms with E-state index in [0.29, 0.717) is 33.4 Å². The summed E-state index contributed by atoms with van der Waals surface area (Å²) in [6, 6.07) is 15.8. The molecule has 0 saturated heterocycles. The molecular weight excluding hydrogens is 354 g/mol. The monoisotopic (exact) mass is 367 g/mol. The molecule has 0 fully saturated rings. The Balaban J connectivity index is 1.80. The van der Waals surface area contributed by atoms with E-state index in [1.54, 1.807) is 67.3 Å². The molecule has 0 amide bonds. The SMILES string of the molecule is O=c1c2cc3c(=O)n(-c4ccccn4)ccc3nc2ccn1-c1ccccn1. The van der Waals surface area contributed by atoms with Crippen LogP contribution in [0.3, 0.4) is 0 Å². The first-order valence-corrected chi connectivity index (χ1v) is 8.63. The number of hydrogen-bond donors (Lipinski definition) is 0. The van der Waals surface area contributed by atoms with Gasteiger partial charge in [-0.15, -0.1) is 0 Å². The van der Waals surface area contributed by atoms with Gasteiger partial charge in [0.25, 0.3) is 11.1 Å². The van der Waals surface area contributed by atoms with E-state index in [0.717, 1.165) is 0 Å². The third-order valence-corrected chi connectivity index (χ3v) is 4.54. The highest BCUT2D eigenvalue weighted by Gasteiger charge is 2.11. The number of nitrogens with zero attached hydrogens (tertiary/aromatic N) is 5. The molecule has 0 N–H and O–H groups in total. The summed E-state index contributed by atoms with van der Waals surface area (Å²) in [4.78, 5) is 38.9. The van der Waals surface area contributed by atoms with E-state index in [1.807, 2.05) is 12.1 Å². The molecule has 0 spiro atoms. The Morgan fingerprint density at radius 1 is 0.643 bits per heavy atom. The lowest BCUT2D eigenvalue weighted by Crippen LogP contribution is -2.21. The molecule has 7 heteroatoms. The van der Waals surface area contributed by atoms with Crippen LogP contribution in [-0.2, 0) is 0 Å². The van der Waals surface area contributed by atoms with Crippen molar-refractivity contribution in [3.05, 3.63) is 100 Å². The van der Waals surface area contributed by atoms with Gasteiger partial charge in [-0.3, -0.25) is 18.7 Å². The summed E-state index contributed by atoms with van der Waals surface area (Å²) >= 11 is 0. The van der Waals surface area contributed by atoms with E-state index in [1.165, 1.54) is 9.13 Å². The maximum absolute atomic E-state index is 13.0. The van der Waals surface area contributed by atoms with E-state index in [4.69, 9.17) is 0 Å². The second-order valence-corrected chi connectivity index (χ2v) is 6.21. The van der Waals surface area contributed by atoms with E-state index < -0.39 is 0 Å². The first-order valence-electron chi connectivity index (χ1n) is 8.63. The largest absolute Gasteiger partial charge is 0.268 e. The Bertz CT molecular complexity index is 1330. The first kappa shape index (κ1) is 16.1. The minimum Gasteiger partial charge on any atom is -0.268 e. The third kappa shape index (κ3) is 2.49. The quantitative estimate of drug-likeness (QED) is 0.448. The van der Waals surface area contributed by atoms with Crippen LogP contribution in [0.1, 0.15) is 0 Å². The number of hydrogen-bond acceptors (Lipinski definition) is 5. The maximum atomic E-state index is 13.0. The molecule has 0 aromatic carbocycles. The lowest BCUT2D eigenvalue weighted by atomic mass is 10.2. The fourth-order valence-corrected chi connectivity index (χ4v) is 3.18. The van der Waals surface area contributed by atoms with Gasteiger partial charge < -0.3 is 0 Å². The molecular formula is C21H13N5O2. The molecule has 0 atom stereocenters. The van der Waals surface area contributed by atoms with Crippen LogP contribution in [0.15, 0.2) is 89.0 Å². The van der Waals surface area contributed by atoms with Gasteiger partial charge >= 0.3 is 0 Å². The van der Waals surface area contributed by atoms with E-state index in [-0.39, 0.29) is 11.1 Å². The molecule has 134 valence electrons. The predicted octanol–water partition coefficient (Wildman–Crippen LogP) is 2.48. The van der Waals surface area contributed by atoms with E-state index >= 15 is 0 Å². The maximum Gasteiger partial charge on any atom is 0.265 e. The van der Waals surface area contributed by atoms with E-state index in [2.05, 4.69) is 15.0 Å². The molecule has 0 radical (unpaired) electrons. The predicted molar refractivity (Wildman–Crippen MR) is 106 cm³/mol. The summed E-state index contributed by atoms with van der Waals surface area (Å²) in [7, 11) is 0. The van der Waals surface area contributed by atoms with Gasteiger partial charge in [-0.1, -0.05) is 12.1 Å². The molecule has 0 aliphatic heterocycles. The minimum atomic E-state index is -0.279. The summed E-state index contributed by atoms with van der Waals surface area (Å²) in [5.41, 5.74) is 0.496. The van der Waals surface area contributed by atoms with Crippen LogP contribution < -0.4 is 11.1 Å². The number of pyridine rings is 5. The molecule has 0 saturated carbocycles. The van der Waals surface area contributed by atoms with Crippen LogP contribution in [0.4, 0.5) is 0 Å². The summed E-state index contributed by atoms with van der Waals surface area (Å²) in [5.74, 6) is 1.02. The molecule has 0 unspecified atom stereocenters. The summed E-state index contributed by atoms with van der Waals surface area (Å²) in [5, 5.41) is 0.716. The second kappa shape index (κ2) is 6.24. The number of rotatable bonds is 2. The van der Waals surface area contributed by atoms with Crippen LogP contribution in [0.2, 0.25) is 0 Å². The van der Waals surface area contributed by atoms with Gasteiger partial charge in [0.15, 0.2) is 0 Å². The molecule has 0 aliphatic rings. The Morgan fingerprint density at radius 3 is 1.57 bits per heavy atom. The van der Waals surface area contributed by atoms with E-state index in [9.17, 15) is 9.59 Å². The van der Waals surface area contributed by atoms with Crippen LogP contribution in [0.25, 0.3) is 33.4 Å². The van der Waals surface area contributed by atoms with Crippen molar-refractivity contribution in [3.8, 4) is 11.6 Å². The summed E-state index contributed by atoms with van der Waals surface area (Å²) in [6.45, 7) is 0. The highest BCUT2D eigenvalue weighted by atomic mass is 16.1. The summed E-state index contributed by atoms with van der Waals surface area (Å²) < 4.78 is 2.88. The Hall–Kier alpha value is -4.13. The second-order valence-electron chi connectivity index (χ2n) is 6.21. The smallest absolute Gasteiger partial charge is 0.265 e. The zero-order valence-corrected chi connectivity index (χ0v) is 14.6. The fraction of sp³-hybridized carbons (Fsp3) is 0. The van der Waals surface area contributed by atoms with Gasteiger partial charge in [0.1, 0.15) is 11.6 Å². The first-order chi connectivity index (χ1) is 13.7. The zero-order chi connectivity index (χ0) is 19.1. The van der Waals surface area contributed by atoms with Crippen molar-refractivity contribution in [2.75, 3.05) is 0 Å². The standard InChI is InChI=1S/C21H13N5O2/c27-20-14-13-15-17(8-12-26(21(15)28)19-6-2-4-10-23-19)24-16(14)7-11-25(20)18-5-1-3-9-22-18/h1-13H. The normalized spacial score (nSPS) is 11.1. The van der Waals surface area contributed by atoms with Crippen molar-refractivity contribution in [2.24, 2.45) is 0 Å². The van der Waals surface area contributed by atoms with Gasteiger partial charge in [0, 0.05) is 24.8 Å². The van der Waals surface area contributed by atoms with Gasteiger partial charge in [-0.25, -0.2) is 15.0 Å². The van der Waals surface area contributed by atoms with Gasteiger partial charge in [0.05, 0.1) is 21.8 Å². The van der Waals surface area contributed by atoms with Gasteiger partial charge in [-0.05, 0) is 42.5 Å². The summed E-state index contributed by atoms with van der Waals surface area (Å²) in [6.07, 6.45) is 6.52. The lowest BCUT2D eigenvalue weighted by Gasteiger charge is -2.08. The van der Waals surface area contributed by atoms with Crippen LogP contribution in [0, 0.1) is 0 Å². The van der Waals surface area contributed by atoms with Crippen molar-refractivity contribution >= 4 is 21.8 Å². The molecule has 0 bridgehead atoms. The Morgan fingerprint density at radius 2 is 1.14 bits per heavy atom. The highest BCUT2D eigenvalue weighted by molar-refractivity contribution is 5.91. The highest BCUT2D eigenvalue weighted by Crippen LogP contribution is 2.16. The number of aromatic nitrogens is 5. The average Bonchev–Trinajstić information content (AvgIpc) is 2.75. The van der Waals surface area contributed by atoms with Crippen LogP contribution in [0.5, 0.6) is 0 Å². The van der Waals surface area contributed by atoms with Crippen molar-refractivity contribution in [2.45, 2.75) is 0 Å². The fourth-order valence-electron chi connectivity index (χ4n) is 3.18. The van der Waals surface area contributed by atoms with Crippen LogP contribution in [-0.4, -0.2) is 24.1 Å². The van der Waals surface area contributed by atoms with Crippen molar-refractivity contribution in [1.29, 1.82) is 0 Å². The topological polar surface area (TPSA) is 82.7 Å². The van der Waals surface area contributed by atoms with Gasteiger partial charge in [0.2, 0.25) is 0 Å². The molecule has 28 heavy (non-hydrogen) atoms. The molecule has 5 rings (SSSR count). The van der Waals surface area contributed by atoms with Crippen molar-refractivity contribution < 1.29 is 0 Å². The van der Waals surface area contributed by atoms with Crippen molar-refractivity contribution in [1.82, 2.24) is 24.1 Å². The Kier molecular flexibility index (Phi) is 3.58. The lowest BCUT2D eigenvalue weighted by molar-refractivity contribution is 0.948. The Labute approximate surface area is 158 Å². The van der Waals surface area contributed by atoms with Gasteiger partial charge in [-0.2, -0.15) is 0 Å². The number of fused-ring (bicyclic) bond motifs is 2. The third-order valence-electron chi connectivity index (χ3n) is 4.54. The molecule has 5 aromatic heterocycles.